The average Bonchev–Trinajstić information content (AvgIpc) is 3.09. The molecule has 2 aromatic rings. The smallest absolute Gasteiger partial charge is 0.277 e. The van der Waals surface area contributed by atoms with Gasteiger partial charge in [0, 0.05) is 38.9 Å². The molecule has 33 heavy (non-hydrogen) atoms. The fourth-order valence-corrected chi connectivity index (χ4v) is 4.61. The number of hydrogen-bond acceptors (Lipinski definition) is 5. The van der Waals surface area contributed by atoms with Crippen LogP contribution in [0.5, 0.6) is 0 Å². The molecule has 0 saturated carbocycles. The minimum Gasteiger partial charge on any atom is -0.363 e. The topological polar surface area (TPSA) is 56.8 Å². The van der Waals surface area contributed by atoms with Crippen LogP contribution in [0.1, 0.15) is 49.3 Å². The summed E-state index contributed by atoms with van der Waals surface area (Å²) in [6.45, 7) is 9.66. The summed E-state index contributed by atoms with van der Waals surface area (Å²) in [5.41, 5.74) is 4.28. The molecule has 4 rings (SSSR count). The summed E-state index contributed by atoms with van der Waals surface area (Å²) in [4.78, 5) is 37.3. The van der Waals surface area contributed by atoms with Gasteiger partial charge in [0.15, 0.2) is 0 Å². The van der Waals surface area contributed by atoms with Crippen LogP contribution in [0.2, 0.25) is 0 Å². The number of amides is 2. The lowest BCUT2D eigenvalue weighted by Crippen LogP contribution is -2.48. The Balaban J connectivity index is 1.60. The molecule has 0 spiro atoms. The molecule has 1 aromatic heterocycles. The van der Waals surface area contributed by atoms with Gasteiger partial charge in [0.25, 0.3) is 11.8 Å². The minimum atomic E-state index is -0.151. The van der Waals surface area contributed by atoms with E-state index in [2.05, 4.69) is 35.6 Å². The number of carbonyl (C=O) groups excluding carboxylic acids is 2. The maximum atomic E-state index is 13.5. The van der Waals surface area contributed by atoms with Crippen LogP contribution in [0.4, 0.5) is 5.82 Å². The van der Waals surface area contributed by atoms with Crippen LogP contribution in [0, 0.1) is 13.8 Å². The Morgan fingerprint density at radius 1 is 0.848 bits per heavy atom. The Morgan fingerprint density at radius 2 is 1.61 bits per heavy atom. The van der Waals surface area contributed by atoms with Crippen molar-refractivity contribution in [2.45, 2.75) is 46.5 Å². The lowest BCUT2D eigenvalue weighted by Gasteiger charge is -2.37. The van der Waals surface area contributed by atoms with Crippen LogP contribution < -0.4 is 4.90 Å². The molecular weight excluding hydrogens is 412 g/mol. The van der Waals surface area contributed by atoms with Crippen molar-refractivity contribution in [2.24, 2.45) is 0 Å². The van der Waals surface area contributed by atoms with Crippen LogP contribution in [-0.2, 0) is 9.59 Å². The van der Waals surface area contributed by atoms with Crippen molar-refractivity contribution in [1.82, 2.24) is 14.8 Å². The van der Waals surface area contributed by atoms with Gasteiger partial charge >= 0.3 is 0 Å². The van der Waals surface area contributed by atoms with E-state index in [0.29, 0.717) is 30.9 Å². The van der Waals surface area contributed by atoms with E-state index in [1.165, 1.54) is 10.5 Å². The van der Waals surface area contributed by atoms with Crippen LogP contribution in [0.15, 0.2) is 48.3 Å². The van der Waals surface area contributed by atoms with Gasteiger partial charge in [0.2, 0.25) is 0 Å². The zero-order valence-electron chi connectivity index (χ0n) is 20.0. The number of pyridine rings is 1. The Hall–Kier alpha value is -3.15. The molecular formula is C27H34N4O2. The van der Waals surface area contributed by atoms with E-state index in [1.54, 1.807) is 6.20 Å². The average molecular weight is 447 g/mol. The van der Waals surface area contributed by atoms with E-state index in [9.17, 15) is 9.59 Å². The zero-order chi connectivity index (χ0) is 23.4. The molecule has 0 radical (unpaired) electrons. The zero-order valence-corrected chi connectivity index (χ0v) is 20.0. The maximum absolute atomic E-state index is 13.5. The van der Waals surface area contributed by atoms with Crippen LogP contribution >= 0.6 is 0 Å². The van der Waals surface area contributed by atoms with Gasteiger partial charge in [-0.3, -0.25) is 14.5 Å². The summed E-state index contributed by atoms with van der Waals surface area (Å²) >= 11 is 0. The second kappa shape index (κ2) is 10.2. The molecule has 0 bridgehead atoms. The van der Waals surface area contributed by atoms with E-state index in [4.69, 9.17) is 0 Å². The Kier molecular flexibility index (Phi) is 7.11. The number of aromatic nitrogens is 1. The number of piperazine rings is 1. The van der Waals surface area contributed by atoms with E-state index in [1.807, 2.05) is 36.4 Å². The fraction of sp³-hybridized carbons (Fsp3) is 0.444. The maximum Gasteiger partial charge on any atom is 0.277 e. The molecule has 1 saturated heterocycles. The summed E-state index contributed by atoms with van der Waals surface area (Å²) in [6, 6.07) is 12.0. The summed E-state index contributed by atoms with van der Waals surface area (Å²) in [7, 11) is 0. The third kappa shape index (κ3) is 4.80. The van der Waals surface area contributed by atoms with Crippen molar-refractivity contribution in [2.75, 3.05) is 37.6 Å². The van der Waals surface area contributed by atoms with Gasteiger partial charge in [-0.1, -0.05) is 50.5 Å². The molecule has 174 valence electrons. The van der Waals surface area contributed by atoms with Gasteiger partial charge in [0.05, 0.1) is 5.57 Å². The molecule has 6 heteroatoms. The van der Waals surface area contributed by atoms with Gasteiger partial charge < -0.3 is 9.80 Å². The lowest BCUT2D eigenvalue weighted by atomic mass is 9.99. The van der Waals surface area contributed by atoms with Gasteiger partial charge in [-0.25, -0.2) is 4.98 Å². The predicted octanol–water partition coefficient (Wildman–Crippen LogP) is 4.18. The first-order valence-electron chi connectivity index (χ1n) is 12.1. The number of imide groups is 1. The molecule has 2 amide bonds. The van der Waals surface area contributed by atoms with Crippen LogP contribution in [-0.4, -0.2) is 59.3 Å². The van der Waals surface area contributed by atoms with Crippen molar-refractivity contribution >= 4 is 23.2 Å². The molecule has 6 nitrogen and oxygen atoms in total. The number of rotatable bonds is 8. The standard InChI is InChI=1S/C27H34N4O2/c1-4-5-6-9-14-31-26(32)24(22-12-11-20(2)21(3)19-22)25(27(31)33)30-17-15-29(16-18-30)23-10-7-8-13-28-23/h7-8,10-13,19H,4-6,9,14-18H2,1-3H3. The highest BCUT2D eigenvalue weighted by Gasteiger charge is 2.41. The van der Waals surface area contributed by atoms with Crippen molar-refractivity contribution in [3.63, 3.8) is 0 Å². The molecule has 3 heterocycles. The first-order chi connectivity index (χ1) is 16.0. The number of carbonyl (C=O) groups is 2. The highest BCUT2D eigenvalue weighted by Crippen LogP contribution is 2.33. The van der Waals surface area contributed by atoms with E-state index < -0.39 is 0 Å². The molecule has 1 aromatic carbocycles. The van der Waals surface area contributed by atoms with E-state index in [-0.39, 0.29) is 11.8 Å². The molecule has 1 fully saturated rings. The second-order valence-corrected chi connectivity index (χ2v) is 9.01. The second-order valence-electron chi connectivity index (χ2n) is 9.01. The Morgan fingerprint density at radius 3 is 2.27 bits per heavy atom. The SMILES string of the molecule is CCCCCCN1C(=O)C(c2ccc(C)c(C)c2)=C(N2CCN(c3ccccn3)CC2)C1=O. The van der Waals surface area contributed by atoms with Crippen LogP contribution in [0.3, 0.4) is 0 Å². The van der Waals surface area contributed by atoms with E-state index in [0.717, 1.165) is 55.7 Å². The quantitative estimate of drug-likeness (QED) is 0.450. The van der Waals surface area contributed by atoms with E-state index >= 15 is 0 Å². The summed E-state index contributed by atoms with van der Waals surface area (Å²) in [5, 5.41) is 0. The van der Waals surface area contributed by atoms with Gasteiger partial charge in [-0.2, -0.15) is 0 Å². The van der Waals surface area contributed by atoms with Crippen molar-refractivity contribution in [3.8, 4) is 0 Å². The van der Waals surface area contributed by atoms with Crippen molar-refractivity contribution in [3.05, 3.63) is 65.0 Å². The molecule has 2 aliphatic rings. The first-order valence-corrected chi connectivity index (χ1v) is 12.1. The van der Waals surface area contributed by atoms with Crippen molar-refractivity contribution in [1.29, 1.82) is 0 Å². The molecule has 2 aliphatic heterocycles. The van der Waals surface area contributed by atoms with Crippen molar-refractivity contribution < 1.29 is 9.59 Å². The van der Waals surface area contributed by atoms with Gasteiger partial charge in [-0.15, -0.1) is 0 Å². The monoisotopic (exact) mass is 446 g/mol. The largest absolute Gasteiger partial charge is 0.363 e. The lowest BCUT2D eigenvalue weighted by molar-refractivity contribution is -0.137. The highest BCUT2D eigenvalue weighted by molar-refractivity contribution is 6.35. The predicted molar refractivity (Wildman–Crippen MR) is 132 cm³/mol. The summed E-state index contributed by atoms with van der Waals surface area (Å²) in [5.74, 6) is 0.657. The third-order valence-corrected chi connectivity index (χ3v) is 6.74. The molecule has 0 atom stereocenters. The number of hydrogen-bond donors (Lipinski definition) is 0. The normalized spacial score (nSPS) is 16.9. The Labute approximate surface area is 196 Å². The molecule has 0 unspecified atom stereocenters. The van der Waals surface area contributed by atoms with Crippen LogP contribution in [0.25, 0.3) is 5.57 Å². The molecule has 0 N–H and O–H groups in total. The van der Waals surface area contributed by atoms with Gasteiger partial charge in [0.1, 0.15) is 11.5 Å². The number of unbranched alkanes of at least 4 members (excludes halogenated alkanes) is 3. The summed E-state index contributed by atoms with van der Waals surface area (Å²) in [6.07, 6.45) is 5.93. The number of aryl methyl sites for hydroxylation is 2. The summed E-state index contributed by atoms with van der Waals surface area (Å²) < 4.78 is 0. The third-order valence-electron chi connectivity index (χ3n) is 6.74. The highest BCUT2D eigenvalue weighted by atomic mass is 16.2. The minimum absolute atomic E-state index is 0.143. The first kappa shape index (κ1) is 23.0. The van der Waals surface area contributed by atoms with Gasteiger partial charge in [-0.05, 0) is 49.1 Å². The fourth-order valence-electron chi connectivity index (χ4n) is 4.61. The number of nitrogens with zero attached hydrogens (tertiary/aromatic N) is 4. The number of benzene rings is 1. The Bertz CT molecular complexity index is 1040. The molecule has 0 aliphatic carbocycles. The number of anilines is 1.